The highest BCUT2D eigenvalue weighted by Gasteiger charge is 2.16. The summed E-state index contributed by atoms with van der Waals surface area (Å²) in [5, 5.41) is 5.27. The van der Waals surface area contributed by atoms with Gasteiger partial charge >= 0.3 is 6.03 Å². The molecule has 0 aliphatic heterocycles. The number of halogens is 1. The van der Waals surface area contributed by atoms with E-state index in [0.29, 0.717) is 12.5 Å². The lowest BCUT2D eigenvalue weighted by Gasteiger charge is -2.04. The molecule has 1 aliphatic rings. The fraction of sp³-hybridized carbons (Fsp3) is 0.308. The fourth-order valence-electron chi connectivity index (χ4n) is 1.43. The van der Waals surface area contributed by atoms with Crippen molar-refractivity contribution < 1.29 is 9.18 Å². The van der Waals surface area contributed by atoms with E-state index in [4.69, 9.17) is 0 Å². The Morgan fingerprint density at radius 1 is 1.47 bits per heavy atom. The lowest BCUT2D eigenvalue weighted by molar-refractivity contribution is 0.243. The van der Waals surface area contributed by atoms with Gasteiger partial charge in [0.1, 0.15) is 5.82 Å². The number of rotatable bonds is 4. The summed E-state index contributed by atoms with van der Waals surface area (Å²) in [4.78, 5) is 11.3. The molecule has 1 aromatic carbocycles. The minimum Gasteiger partial charge on any atom is -0.334 e. The van der Waals surface area contributed by atoms with Crippen LogP contribution in [0.4, 0.5) is 9.18 Å². The third kappa shape index (κ3) is 4.26. The SMILES string of the molecule is O=C(N/C=C/C1CC1)NCc1cccc(F)c1. The van der Waals surface area contributed by atoms with Gasteiger partial charge in [-0.25, -0.2) is 9.18 Å². The zero-order valence-corrected chi connectivity index (χ0v) is 9.45. The molecule has 2 N–H and O–H groups in total. The van der Waals surface area contributed by atoms with E-state index in [2.05, 4.69) is 10.6 Å². The van der Waals surface area contributed by atoms with E-state index in [1.54, 1.807) is 18.3 Å². The van der Waals surface area contributed by atoms with Crippen molar-refractivity contribution in [3.05, 3.63) is 47.9 Å². The van der Waals surface area contributed by atoms with Gasteiger partial charge < -0.3 is 10.6 Å². The number of amides is 2. The molecule has 0 atom stereocenters. The van der Waals surface area contributed by atoms with Crippen molar-refractivity contribution in [2.24, 2.45) is 5.92 Å². The summed E-state index contributed by atoms with van der Waals surface area (Å²) in [6.07, 6.45) is 6.08. The van der Waals surface area contributed by atoms with Gasteiger partial charge in [-0.15, -0.1) is 0 Å². The third-order valence-electron chi connectivity index (χ3n) is 2.55. The summed E-state index contributed by atoms with van der Waals surface area (Å²) in [7, 11) is 0. The number of benzene rings is 1. The summed E-state index contributed by atoms with van der Waals surface area (Å²) in [6, 6.07) is 5.90. The first kappa shape index (κ1) is 11.6. The van der Waals surface area contributed by atoms with Crippen LogP contribution in [0.25, 0.3) is 0 Å². The van der Waals surface area contributed by atoms with Crippen molar-refractivity contribution in [3.63, 3.8) is 0 Å². The Bertz CT molecular complexity index is 427. The van der Waals surface area contributed by atoms with Gasteiger partial charge in [0.2, 0.25) is 0 Å². The molecule has 3 nitrogen and oxygen atoms in total. The molecule has 1 fully saturated rings. The van der Waals surface area contributed by atoms with Gasteiger partial charge in [0.05, 0.1) is 0 Å². The highest BCUT2D eigenvalue weighted by Crippen LogP contribution is 2.29. The molecule has 1 saturated carbocycles. The molecular weight excluding hydrogens is 219 g/mol. The van der Waals surface area contributed by atoms with Gasteiger partial charge in [-0.1, -0.05) is 18.2 Å². The second-order valence-corrected chi connectivity index (χ2v) is 4.15. The van der Waals surface area contributed by atoms with E-state index in [9.17, 15) is 9.18 Å². The molecule has 0 heterocycles. The first-order valence-corrected chi connectivity index (χ1v) is 5.69. The Morgan fingerprint density at radius 2 is 2.29 bits per heavy atom. The van der Waals surface area contributed by atoms with Crippen molar-refractivity contribution in [2.75, 3.05) is 0 Å². The highest BCUT2D eigenvalue weighted by molar-refractivity contribution is 5.74. The molecule has 0 unspecified atom stereocenters. The lowest BCUT2D eigenvalue weighted by atomic mass is 10.2. The third-order valence-corrected chi connectivity index (χ3v) is 2.55. The topological polar surface area (TPSA) is 41.1 Å². The van der Waals surface area contributed by atoms with Crippen LogP contribution in [-0.2, 0) is 6.54 Å². The summed E-state index contributed by atoms with van der Waals surface area (Å²) >= 11 is 0. The molecule has 0 spiro atoms. The maximum Gasteiger partial charge on any atom is 0.319 e. The second-order valence-electron chi connectivity index (χ2n) is 4.15. The van der Waals surface area contributed by atoms with Crippen LogP contribution in [0.5, 0.6) is 0 Å². The molecule has 0 aromatic heterocycles. The maximum atomic E-state index is 12.9. The minimum absolute atomic E-state index is 0.272. The first-order valence-electron chi connectivity index (χ1n) is 5.69. The molecule has 0 bridgehead atoms. The predicted molar refractivity (Wildman–Crippen MR) is 63.6 cm³/mol. The van der Waals surface area contributed by atoms with Crippen molar-refractivity contribution in [1.29, 1.82) is 0 Å². The Hall–Kier alpha value is -1.84. The van der Waals surface area contributed by atoms with Crippen LogP contribution >= 0.6 is 0 Å². The summed E-state index contributed by atoms with van der Waals surface area (Å²) in [5.41, 5.74) is 0.742. The Labute approximate surface area is 99.7 Å². The molecule has 0 radical (unpaired) electrons. The van der Waals surface area contributed by atoms with Crippen LogP contribution in [0.3, 0.4) is 0 Å². The smallest absolute Gasteiger partial charge is 0.319 e. The van der Waals surface area contributed by atoms with E-state index >= 15 is 0 Å². The molecule has 1 aromatic rings. The molecule has 2 rings (SSSR count). The van der Waals surface area contributed by atoms with Crippen LogP contribution in [0, 0.1) is 11.7 Å². The fourth-order valence-corrected chi connectivity index (χ4v) is 1.43. The summed E-state index contributed by atoms with van der Waals surface area (Å²) in [5.74, 6) is 0.344. The number of allylic oxidation sites excluding steroid dienone is 1. The second kappa shape index (κ2) is 5.48. The minimum atomic E-state index is -0.293. The largest absolute Gasteiger partial charge is 0.334 e. The average molecular weight is 234 g/mol. The highest BCUT2D eigenvalue weighted by atomic mass is 19.1. The predicted octanol–water partition coefficient (Wildman–Crippen LogP) is 2.55. The van der Waals surface area contributed by atoms with Crippen molar-refractivity contribution >= 4 is 6.03 Å². The average Bonchev–Trinajstić information content (AvgIpc) is 3.11. The van der Waals surface area contributed by atoms with Gasteiger partial charge in [-0.3, -0.25) is 0 Å². The van der Waals surface area contributed by atoms with Crippen LogP contribution in [0.15, 0.2) is 36.5 Å². The van der Waals surface area contributed by atoms with Crippen LogP contribution < -0.4 is 10.6 Å². The van der Waals surface area contributed by atoms with Crippen molar-refractivity contribution in [1.82, 2.24) is 10.6 Å². The normalized spacial score (nSPS) is 14.9. The van der Waals surface area contributed by atoms with Gasteiger partial charge in [0, 0.05) is 12.7 Å². The van der Waals surface area contributed by atoms with E-state index in [1.807, 2.05) is 6.08 Å². The monoisotopic (exact) mass is 234 g/mol. The number of hydrogen-bond donors (Lipinski definition) is 2. The molecule has 0 saturated heterocycles. The van der Waals surface area contributed by atoms with Gasteiger partial charge in [-0.05, 0) is 36.5 Å². The zero-order valence-electron chi connectivity index (χ0n) is 9.45. The van der Waals surface area contributed by atoms with E-state index < -0.39 is 0 Å². The van der Waals surface area contributed by atoms with Crippen LogP contribution in [-0.4, -0.2) is 6.03 Å². The van der Waals surface area contributed by atoms with Gasteiger partial charge in [0.25, 0.3) is 0 Å². The number of carbonyl (C=O) groups is 1. The van der Waals surface area contributed by atoms with Crippen molar-refractivity contribution in [3.8, 4) is 0 Å². The summed E-state index contributed by atoms with van der Waals surface area (Å²) < 4.78 is 12.9. The molecule has 1 aliphatic carbocycles. The standard InChI is InChI=1S/C13H15FN2O/c14-12-3-1-2-11(8-12)9-16-13(17)15-7-6-10-4-5-10/h1-3,6-8,10H,4-5,9H2,(H2,15,16,17)/b7-6+. The van der Waals surface area contributed by atoms with Crippen LogP contribution in [0.1, 0.15) is 18.4 Å². The van der Waals surface area contributed by atoms with Gasteiger partial charge in [-0.2, -0.15) is 0 Å². The number of carbonyl (C=O) groups excluding carboxylic acids is 1. The Kier molecular flexibility index (Phi) is 3.75. The lowest BCUT2D eigenvalue weighted by Crippen LogP contribution is -2.31. The first-order chi connectivity index (χ1) is 8.24. The van der Waals surface area contributed by atoms with E-state index in [-0.39, 0.29) is 11.8 Å². The maximum absolute atomic E-state index is 12.9. The Balaban J connectivity index is 1.71. The molecular formula is C13H15FN2O. The quantitative estimate of drug-likeness (QED) is 0.825. The van der Waals surface area contributed by atoms with Crippen LogP contribution in [0.2, 0.25) is 0 Å². The summed E-state index contributed by atoms with van der Waals surface area (Å²) in [6.45, 7) is 0.320. The molecule has 90 valence electrons. The zero-order chi connectivity index (χ0) is 12.1. The van der Waals surface area contributed by atoms with E-state index in [1.165, 1.54) is 25.0 Å². The van der Waals surface area contributed by atoms with Gasteiger partial charge in [0.15, 0.2) is 0 Å². The molecule has 4 heteroatoms. The van der Waals surface area contributed by atoms with E-state index in [0.717, 1.165) is 5.56 Å². The Morgan fingerprint density at radius 3 is 3.00 bits per heavy atom. The number of urea groups is 1. The molecule has 2 amide bonds. The number of nitrogens with one attached hydrogen (secondary N) is 2. The van der Waals surface area contributed by atoms with Crippen molar-refractivity contribution in [2.45, 2.75) is 19.4 Å². The number of hydrogen-bond acceptors (Lipinski definition) is 1. The molecule has 17 heavy (non-hydrogen) atoms.